The number of rotatable bonds is 3. The van der Waals surface area contributed by atoms with Gasteiger partial charge in [0.1, 0.15) is 0 Å². The SMILES string of the molecule is CCNC1CCCN(C2CC=CC2)C1=O. The summed E-state index contributed by atoms with van der Waals surface area (Å²) in [5, 5.41) is 3.28. The summed E-state index contributed by atoms with van der Waals surface area (Å²) in [4.78, 5) is 14.2. The van der Waals surface area contributed by atoms with Crippen molar-refractivity contribution in [3.05, 3.63) is 12.2 Å². The van der Waals surface area contributed by atoms with Crippen molar-refractivity contribution in [2.45, 2.75) is 44.7 Å². The highest BCUT2D eigenvalue weighted by Gasteiger charge is 2.32. The van der Waals surface area contributed by atoms with Crippen molar-refractivity contribution >= 4 is 5.91 Å². The third-order valence-corrected chi connectivity index (χ3v) is 3.35. The highest BCUT2D eigenvalue weighted by Crippen LogP contribution is 2.22. The van der Waals surface area contributed by atoms with Crippen molar-refractivity contribution < 1.29 is 4.79 Å². The number of hydrogen-bond donors (Lipinski definition) is 1. The minimum absolute atomic E-state index is 0.0735. The van der Waals surface area contributed by atoms with Crippen LogP contribution in [0.4, 0.5) is 0 Å². The molecule has 1 amide bonds. The average molecular weight is 208 g/mol. The van der Waals surface area contributed by atoms with Crippen molar-refractivity contribution in [3.8, 4) is 0 Å². The van der Waals surface area contributed by atoms with Crippen molar-refractivity contribution in [1.29, 1.82) is 0 Å². The lowest BCUT2D eigenvalue weighted by atomic mass is 10.0. The second-order valence-electron chi connectivity index (χ2n) is 4.38. The lowest BCUT2D eigenvalue weighted by molar-refractivity contribution is -0.138. The fraction of sp³-hybridized carbons (Fsp3) is 0.750. The molecule has 84 valence electrons. The Balaban J connectivity index is 1.96. The Morgan fingerprint density at radius 1 is 1.47 bits per heavy atom. The van der Waals surface area contributed by atoms with E-state index in [2.05, 4.69) is 29.3 Å². The number of piperidine rings is 1. The maximum absolute atomic E-state index is 12.1. The highest BCUT2D eigenvalue weighted by atomic mass is 16.2. The van der Waals surface area contributed by atoms with Gasteiger partial charge in [-0.2, -0.15) is 0 Å². The van der Waals surface area contributed by atoms with Crippen LogP contribution in [0, 0.1) is 0 Å². The number of nitrogens with zero attached hydrogens (tertiary/aromatic N) is 1. The first kappa shape index (κ1) is 10.7. The first-order valence-electron chi connectivity index (χ1n) is 6.01. The number of amides is 1. The molecule has 0 saturated carbocycles. The van der Waals surface area contributed by atoms with E-state index in [9.17, 15) is 4.79 Å². The maximum atomic E-state index is 12.1. The van der Waals surface area contributed by atoms with Crippen molar-refractivity contribution in [2.75, 3.05) is 13.1 Å². The number of carbonyl (C=O) groups excluding carboxylic acids is 1. The molecule has 0 aromatic carbocycles. The van der Waals surface area contributed by atoms with Crippen LogP contribution in [0.25, 0.3) is 0 Å². The van der Waals surface area contributed by atoms with Gasteiger partial charge in [0, 0.05) is 12.6 Å². The molecule has 1 fully saturated rings. The molecule has 1 heterocycles. The van der Waals surface area contributed by atoms with Gasteiger partial charge in [0.2, 0.25) is 5.91 Å². The first-order chi connectivity index (χ1) is 7.33. The Morgan fingerprint density at radius 2 is 2.20 bits per heavy atom. The van der Waals surface area contributed by atoms with Gasteiger partial charge in [-0.3, -0.25) is 4.79 Å². The molecule has 15 heavy (non-hydrogen) atoms. The average Bonchev–Trinajstić information content (AvgIpc) is 2.74. The third-order valence-electron chi connectivity index (χ3n) is 3.35. The van der Waals surface area contributed by atoms with Crippen molar-refractivity contribution in [2.24, 2.45) is 0 Å². The molecular formula is C12H20N2O. The van der Waals surface area contributed by atoms with Crippen LogP contribution >= 0.6 is 0 Å². The Bertz CT molecular complexity index is 252. The Hall–Kier alpha value is -0.830. The van der Waals surface area contributed by atoms with Crippen LogP contribution in [0.1, 0.15) is 32.6 Å². The van der Waals surface area contributed by atoms with E-state index < -0.39 is 0 Å². The molecule has 0 aromatic heterocycles. The quantitative estimate of drug-likeness (QED) is 0.709. The minimum atomic E-state index is 0.0735. The number of carbonyl (C=O) groups is 1. The standard InChI is InChI=1S/C12H20N2O/c1-2-13-11-8-5-9-14(12(11)15)10-6-3-4-7-10/h3-4,10-11,13H,2,5-9H2,1H3. The van der Waals surface area contributed by atoms with Gasteiger partial charge in [0.25, 0.3) is 0 Å². The molecule has 1 aliphatic carbocycles. The van der Waals surface area contributed by atoms with Gasteiger partial charge >= 0.3 is 0 Å². The van der Waals surface area contributed by atoms with Gasteiger partial charge in [-0.25, -0.2) is 0 Å². The van der Waals surface area contributed by atoms with E-state index >= 15 is 0 Å². The Kier molecular flexibility index (Phi) is 3.41. The lowest BCUT2D eigenvalue weighted by Gasteiger charge is -2.36. The number of likely N-dealkylation sites (tertiary alicyclic amines) is 1. The summed E-state index contributed by atoms with van der Waals surface area (Å²) >= 11 is 0. The summed E-state index contributed by atoms with van der Waals surface area (Å²) in [7, 11) is 0. The molecule has 1 aliphatic heterocycles. The minimum Gasteiger partial charge on any atom is -0.338 e. The summed E-state index contributed by atoms with van der Waals surface area (Å²) in [6, 6.07) is 0.517. The van der Waals surface area contributed by atoms with E-state index in [0.29, 0.717) is 11.9 Å². The summed E-state index contributed by atoms with van der Waals surface area (Å²) in [5.74, 6) is 0.316. The Labute approximate surface area is 91.5 Å². The maximum Gasteiger partial charge on any atom is 0.239 e. The summed E-state index contributed by atoms with van der Waals surface area (Å²) in [6.45, 7) is 3.89. The van der Waals surface area contributed by atoms with Gasteiger partial charge in [-0.1, -0.05) is 19.1 Å². The summed E-state index contributed by atoms with van der Waals surface area (Å²) in [6.07, 6.45) is 8.61. The van der Waals surface area contributed by atoms with E-state index in [1.807, 2.05) is 0 Å². The smallest absolute Gasteiger partial charge is 0.239 e. The molecule has 1 N–H and O–H groups in total. The zero-order valence-corrected chi connectivity index (χ0v) is 9.41. The van der Waals surface area contributed by atoms with Crippen molar-refractivity contribution in [3.63, 3.8) is 0 Å². The van der Waals surface area contributed by atoms with E-state index in [-0.39, 0.29) is 6.04 Å². The zero-order chi connectivity index (χ0) is 10.7. The molecule has 2 rings (SSSR count). The monoisotopic (exact) mass is 208 g/mol. The predicted molar refractivity (Wildman–Crippen MR) is 60.6 cm³/mol. The fourth-order valence-electron chi connectivity index (χ4n) is 2.56. The van der Waals surface area contributed by atoms with Gasteiger partial charge in [-0.15, -0.1) is 0 Å². The van der Waals surface area contributed by atoms with Gasteiger partial charge < -0.3 is 10.2 Å². The molecule has 1 saturated heterocycles. The Morgan fingerprint density at radius 3 is 2.87 bits per heavy atom. The van der Waals surface area contributed by atoms with E-state index in [4.69, 9.17) is 0 Å². The molecule has 1 atom stereocenters. The van der Waals surface area contributed by atoms with Crippen LogP contribution in [-0.4, -0.2) is 36.0 Å². The van der Waals surface area contributed by atoms with E-state index in [0.717, 1.165) is 38.8 Å². The van der Waals surface area contributed by atoms with E-state index in [1.165, 1.54) is 0 Å². The van der Waals surface area contributed by atoms with Gasteiger partial charge in [-0.05, 0) is 32.2 Å². The zero-order valence-electron chi connectivity index (χ0n) is 9.41. The molecular weight excluding hydrogens is 188 g/mol. The van der Waals surface area contributed by atoms with Crippen LogP contribution in [0.5, 0.6) is 0 Å². The second kappa shape index (κ2) is 4.79. The first-order valence-corrected chi connectivity index (χ1v) is 6.01. The van der Waals surface area contributed by atoms with Crippen LogP contribution in [0.3, 0.4) is 0 Å². The summed E-state index contributed by atoms with van der Waals surface area (Å²) in [5.41, 5.74) is 0. The number of hydrogen-bond acceptors (Lipinski definition) is 2. The molecule has 0 bridgehead atoms. The van der Waals surface area contributed by atoms with Gasteiger partial charge in [0.15, 0.2) is 0 Å². The molecule has 0 aromatic rings. The number of likely N-dealkylation sites (N-methyl/N-ethyl adjacent to an activating group) is 1. The third kappa shape index (κ3) is 2.23. The van der Waals surface area contributed by atoms with Gasteiger partial charge in [0.05, 0.1) is 6.04 Å². The molecule has 2 aliphatic rings. The normalized spacial score (nSPS) is 27.7. The topological polar surface area (TPSA) is 32.3 Å². The fourth-order valence-corrected chi connectivity index (χ4v) is 2.56. The lowest BCUT2D eigenvalue weighted by Crippen LogP contribution is -2.53. The molecule has 0 spiro atoms. The molecule has 3 nitrogen and oxygen atoms in total. The summed E-state index contributed by atoms with van der Waals surface area (Å²) < 4.78 is 0. The predicted octanol–water partition coefficient (Wildman–Crippen LogP) is 1.31. The van der Waals surface area contributed by atoms with Crippen LogP contribution < -0.4 is 5.32 Å². The largest absolute Gasteiger partial charge is 0.338 e. The second-order valence-corrected chi connectivity index (χ2v) is 4.38. The van der Waals surface area contributed by atoms with Crippen LogP contribution in [0.2, 0.25) is 0 Å². The molecule has 3 heteroatoms. The van der Waals surface area contributed by atoms with Crippen LogP contribution in [-0.2, 0) is 4.79 Å². The molecule has 1 unspecified atom stereocenters. The highest BCUT2D eigenvalue weighted by molar-refractivity contribution is 5.83. The van der Waals surface area contributed by atoms with Crippen molar-refractivity contribution in [1.82, 2.24) is 10.2 Å². The van der Waals surface area contributed by atoms with Crippen LogP contribution in [0.15, 0.2) is 12.2 Å². The van der Waals surface area contributed by atoms with E-state index in [1.54, 1.807) is 0 Å². The number of nitrogens with one attached hydrogen (secondary N) is 1. The molecule has 0 radical (unpaired) electrons.